The van der Waals surface area contributed by atoms with Crippen LogP contribution in [0.25, 0.3) is 21.8 Å². The maximum atomic E-state index is 3.51. The van der Waals surface area contributed by atoms with E-state index in [0.717, 1.165) is 0 Å². The number of aromatic nitrogens is 3. The molecule has 0 aliphatic rings. The first kappa shape index (κ1) is 10.9. The average Bonchev–Trinajstić information content (AvgIpc) is 3.10. The van der Waals surface area contributed by atoms with E-state index in [1.54, 1.807) is 6.20 Å². The fraction of sp³-hybridized carbons (Fsp3) is 0. The summed E-state index contributed by atoms with van der Waals surface area (Å²) in [4.78, 5) is 3.38. The van der Waals surface area contributed by atoms with Crippen molar-refractivity contribution in [1.82, 2.24) is 14.6 Å². The Balaban J connectivity index is 0.000000169. The molecule has 0 atom stereocenters. The molecule has 2 aromatic heterocycles. The largest absolute Gasteiger partial charge is 0.355 e. The minimum absolute atomic E-state index is 1.21. The van der Waals surface area contributed by atoms with Crippen LogP contribution in [0.15, 0.2) is 60.1 Å². The van der Waals surface area contributed by atoms with E-state index in [2.05, 4.69) is 63.1 Å². The number of para-hydroxylation sites is 2. The number of aromatic amines is 1. The second-order valence-corrected chi connectivity index (χ2v) is 4.45. The van der Waals surface area contributed by atoms with Gasteiger partial charge in [0.05, 0.1) is 6.20 Å². The summed E-state index contributed by atoms with van der Waals surface area (Å²) in [6.45, 7) is 0. The molecule has 0 amide bonds. The molecule has 2 aromatic carbocycles. The zero-order valence-electron chi connectivity index (χ0n) is 9.58. The van der Waals surface area contributed by atoms with Crippen LogP contribution >= 0.6 is 11.5 Å². The van der Waals surface area contributed by atoms with Crippen LogP contribution in [0.2, 0.25) is 0 Å². The predicted octanol–water partition coefficient (Wildman–Crippen LogP) is 3.86. The fourth-order valence-corrected chi connectivity index (χ4v) is 2.21. The highest BCUT2D eigenvalue weighted by Crippen LogP contribution is 2.24. The molecule has 4 heteroatoms. The van der Waals surface area contributed by atoms with Crippen LogP contribution < -0.4 is 0 Å². The van der Waals surface area contributed by atoms with Gasteiger partial charge in [0.1, 0.15) is 0 Å². The molecule has 18 heavy (non-hydrogen) atoms. The monoisotopic (exact) mass is 253 g/mol. The topological polar surface area (TPSA) is 41.6 Å². The molecule has 2 heterocycles. The van der Waals surface area contributed by atoms with Crippen LogP contribution in [0.1, 0.15) is 0 Å². The summed E-state index contributed by atoms with van der Waals surface area (Å²) in [5.74, 6) is 0. The van der Waals surface area contributed by atoms with E-state index in [9.17, 15) is 0 Å². The van der Waals surface area contributed by atoms with Gasteiger partial charge in [0.2, 0.25) is 0 Å². The standard InChI is InChI=1S/C12H9N.C2H2N2S/c1-3-7-11-9(5-1)10-6-2-4-8-12(10)13-11;1-2-5-4-3-1/h1-8,13H;1-2H. The zero-order chi connectivity index (χ0) is 12.2. The van der Waals surface area contributed by atoms with Crippen LogP contribution in [0.3, 0.4) is 0 Å². The van der Waals surface area contributed by atoms with Gasteiger partial charge in [-0.3, -0.25) is 0 Å². The van der Waals surface area contributed by atoms with Crippen LogP contribution in [0, 0.1) is 0 Å². The van der Waals surface area contributed by atoms with Crippen molar-refractivity contribution in [1.29, 1.82) is 0 Å². The molecule has 0 unspecified atom stereocenters. The molecule has 0 spiro atoms. The van der Waals surface area contributed by atoms with Crippen molar-refractivity contribution >= 4 is 33.3 Å². The second-order valence-electron chi connectivity index (χ2n) is 3.80. The molecule has 0 saturated carbocycles. The number of benzene rings is 2. The molecule has 0 bridgehead atoms. The lowest BCUT2D eigenvalue weighted by Gasteiger charge is -1.87. The second kappa shape index (κ2) is 4.98. The van der Waals surface area contributed by atoms with E-state index in [1.807, 2.05) is 5.38 Å². The smallest absolute Gasteiger partial charge is 0.0620 e. The predicted molar refractivity (Wildman–Crippen MR) is 75.7 cm³/mol. The highest BCUT2D eigenvalue weighted by Gasteiger charge is 2.00. The van der Waals surface area contributed by atoms with Gasteiger partial charge in [-0.15, -0.1) is 5.10 Å². The third kappa shape index (κ3) is 2.10. The van der Waals surface area contributed by atoms with Gasteiger partial charge in [-0.25, -0.2) is 0 Å². The van der Waals surface area contributed by atoms with Crippen molar-refractivity contribution in [3.8, 4) is 0 Å². The summed E-state index contributed by atoms with van der Waals surface area (Å²) in [7, 11) is 0. The molecular weight excluding hydrogens is 242 g/mol. The summed E-state index contributed by atoms with van der Waals surface area (Å²) in [5, 5.41) is 7.92. The number of hydrogen-bond acceptors (Lipinski definition) is 3. The number of nitrogens with zero attached hydrogens (tertiary/aromatic N) is 2. The maximum Gasteiger partial charge on any atom is 0.0620 e. The van der Waals surface area contributed by atoms with Crippen molar-refractivity contribution in [2.24, 2.45) is 0 Å². The Morgan fingerprint density at radius 1 is 0.833 bits per heavy atom. The van der Waals surface area contributed by atoms with E-state index < -0.39 is 0 Å². The molecule has 4 aromatic rings. The Kier molecular flexibility index (Phi) is 3.02. The lowest BCUT2D eigenvalue weighted by Crippen LogP contribution is -1.62. The summed E-state index contributed by atoms with van der Waals surface area (Å²) in [5.41, 5.74) is 2.42. The first-order valence-electron chi connectivity index (χ1n) is 5.61. The van der Waals surface area contributed by atoms with Gasteiger partial charge in [-0.2, -0.15) is 0 Å². The molecular formula is C14H11N3S. The Labute approximate surface area is 108 Å². The van der Waals surface area contributed by atoms with Crippen LogP contribution in [0.4, 0.5) is 0 Å². The third-order valence-electron chi connectivity index (χ3n) is 2.70. The van der Waals surface area contributed by atoms with E-state index in [1.165, 1.54) is 33.3 Å². The minimum Gasteiger partial charge on any atom is -0.355 e. The highest BCUT2D eigenvalue weighted by atomic mass is 32.1. The normalized spacial score (nSPS) is 10.2. The highest BCUT2D eigenvalue weighted by molar-refractivity contribution is 7.03. The number of fused-ring (bicyclic) bond motifs is 3. The Bertz CT molecular complexity index is 676. The Hall–Kier alpha value is -2.20. The van der Waals surface area contributed by atoms with Gasteiger partial charge in [-0.05, 0) is 23.7 Å². The summed E-state index contributed by atoms with van der Waals surface area (Å²) in [6, 6.07) is 16.8. The Morgan fingerprint density at radius 2 is 1.44 bits per heavy atom. The first-order chi connectivity index (χ1) is 8.95. The van der Waals surface area contributed by atoms with Crippen molar-refractivity contribution in [3.05, 3.63) is 60.1 Å². The van der Waals surface area contributed by atoms with Crippen molar-refractivity contribution in [2.45, 2.75) is 0 Å². The van der Waals surface area contributed by atoms with Gasteiger partial charge in [-0.1, -0.05) is 40.9 Å². The molecule has 88 valence electrons. The van der Waals surface area contributed by atoms with Gasteiger partial charge in [0.25, 0.3) is 0 Å². The quantitative estimate of drug-likeness (QED) is 0.517. The van der Waals surface area contributed by atoms with E-state index in [4.69, 9.17) is 0 Å². The van der Waals surface area contributed by atoms with Crippen molar-refractivity contribution in [2.75, 3.05) is 0 Å². The lowest BCUT2D eigenvalue weighted by molar-refractivity contribution is 1.16. The maximum absolute atomic E-state index is 3.51. The van der Waals surface area contributed by atoms with E-state index >= 15 is 0 Å². The summed E-state index contributed by atoms with van der Waals surface area (Å²) in [6.07, 6.45) is 1.66. The molecule has 0 fully saturated rings. The SMILES string of the molecule is c1ccc2c(c1)[nH]c1ccccc12.c1csnn1. The molecule has 1 N–H and O–H groups in total. The van der Waals surface area contributed by atoms with Crippen molar-refractivity contribution in [3.63, 3.8) is 0 Å². The van der Waals surface area contributed by atoms with E-state index in [-0.39, 0.29) is 0 Å². The molecule has 3 nitrogen and oxygen atoms in total. The lowest BCUT2D eigenvalue weighted by atomic mass is 10.2. The fourth-order valence-electron chi connectivity index (χ4n) is 1.94. The van der Waals surface area contributed by atoms with Crippen LogP contribution in [0.5, 0.6) is 0 Å². The molecule has 0 saturated heterocycles. The van der Waals surface area contributed by atoms with Gasteiger partial charge < -0.3 is 4.98 Å². The third-order valence-corrected chi connectivity index (χ3v) is 3.13. The zero-order valence-corrected chi connectivity index (χ0v) is 10.4. The Morgan fingerprint density at radius 3 is 1.89 bits per heavy atom. The van der Waals surface area contributed by atoms with Gasteiger partial charge >= 0.3 is 0 Å². The van der Waals surface area contributed by atoms with Gasteiger partial charge in [0, 0.05) is 27.2 Å². The number of rotatable bonds is 0. The van der Waals surface area contributed by atoms with Crippen LogP contribution in [-0.2, 0) is 0 Å². The molecule has 4 rings (SSSR count). The molecule has 0 radical (unpaired) electrons. The summed E-state index contributed by atoms with van der Waals surface area (Å²) >= 11 is 1.35. The minimum atomic E-state index is 1.21. The number of H-pyrrole nitrogens is 1. The average molecular weight is 253 g/mol. The number of hydrogen-bond donors (Lipinski definition) is 1. The van der Waals surface area contributed by atoms with E-state index in [0.29, 0.717) is 0 Å². The molecule has 0 aliphatic heterocycles. The number of nitrogens with one attached hydrogen (secondary N) is 1. The van der Waals surface area contributed by atoms with Crippen molar-refractivity contribution < 1.29 is 0 Å². The first-order valence-corrected chi connectivity index (χ1v) is 6.45. The van der Waals surface area contributed by atoms with Gasteiger partial charge in [0.15, 0.2) is 0 Å². The molecule has 0 aliphatic carbocycles. The van der Waals surface area contributed by atoms with Crippen LogP contribution in [-0.4, -0.2) is 14.6 Å². The summed E-state index contributed by atoms with van der Waals surface area (Å²) < 4.78 is 3.51.